The van der Waals surface area contributed by atoms with Crippen molar-refractivity contribution in [2.45, 2.75) is 13.8 Å². The van der Waals surface area contributed by atoms with Gasteiger partial charge in [-0.25, -0.2) is 4.98 Å². The third kappa shape index (κ3) is 3.62. The van der Waals surface area contributed by atoms with Crippen molar-refractivity contribution in [3.8, 4) is 17.0 Å². The number of benzene rings is 3. The lowest BCUT2D eigenvalue weighted by atomic mass is 9.97. The van der Waals surface area contributed by atoms with Gasteiger partial charge >= 0.3 is 0 Å². The first-order valence-electron chi connectivity index (χ1n) is 9.60. The monoisotopic (exact) mass is 416 g/mol. The van der Waals surface area contributed by atoms with Crippen LogP contribution in [0.2, 0.25) is 5.02 Å². The molecule has 0 unspecified atom stereocenters. The fourth-order valence-electron chi connectivity index (χ4n) is 3.56. The number of nitrogens with zero attached hydrogens (tertiary/aromatic N) is 1. The summed E-state index contributed by atoms with van der Waals surface area (Å²) < 4.78 is 5.26. The number of pyridine rings is 1. The maximum Gasteiger partial charge on any atom is 0.256 e. The molecule has 0 aliphatic heterocycles. The molecule has 0 radical (unpaired) electrons. The Bertz CT molecular complexity index is 1250. The average molecular weight is 417 g/mol. The predicted molar refractivity (Wildman–Crippen MR) is 123 cm³/mol. The lowest BCUT2D eigenvalue weighted by Crippen LogP contribution is -2.16. The summed E-state index contributed by atoms with van der Waals surface area (Å²) in [5, 5.41) is 4.45. The summed E-state index contributed by atoms with van der Waals surface area (Å²) in [4.78, 5) is 18.2. The minimum atomic E-state index is -0.189. The number of hydrogen-bond acceptors (Lipinski definition) is 3. The Hall–Kier alpha value is -3.37. The fraction of sp³-hybridized carbons (Fsp3) is 0.120. The number of methoxy groups -OCH3 is 1. The largest absolute Gasteiger partial charge is 0.497 e. The highest BCUT2D eigenvalue weighted by atomic mass is 35.5. The normalized spacial score (nSPS) is 10.8. The van der Waals surface area contributed by atoms with E-state index in [1.165, 1.54) is 0 Å². The van der Waals surface area contributed by atoms with E-state index in [4.69, 9.17) is 21.3 Å². The first-order chi connectivity index (χ1) is 14.5. The number of fused-ring (bicyclic) bond motifs is 1. The molecule has 1 amide bonds. The van der Waals surface area contributed by atoms with Gasteiger partial charge in [0.05, 0.1) is 23.9 Å². The molecule has 0 aliphatic carbocycles. The molecule has 0 saturated heterocycles. The zero-order valence-corrected chi connectivity index (χ0v) is 17.7. The van der Waals surface area contributed by atoms with Gasteiger partial charge in [0.2, 0.25) is 0 Å². The molecule has 1 heterocycles. The van der Waals surface area contributed by atoms with E-state index in [1.54, 1.807) is 13.2 Å². The molecule has 0 aliphatic rings. The van der Waals surface area contributed by atoms with Crippen LogP contribution in [-0.2, 0) is 0 Å². The molecule has 3 aromatic carbocycles. The Labute approximate surface area is 180 Å². The van der Waals surface area contributed by atoms with Crippen LogP contribution in [-0.4, -0.2) is 18.0 Å². The number of aromatic nitrogens is 1. The molecule has 150 valence electrons. The van der Waals surface area contributed by atoms with Crippen LogP contribution in [0.15, 0.2) is 66.7 Å². The van der Waals surface area contributed by atoms with Gasteiger partial charge in [0, 0.05) is 21.7 Å². The van der Waals surface area contributed by atoms with Gasteiger partial charge in [-0.15, -0.1) is 0 Å². The summed E-state index contributed by atoms with van der Waals surface area (Å²) in [6.45, 7) is 3.82. The molecule has 0 spiro atoms. The SMILES string of the molecule is COc1ccc(-c2nc3ccccc3c(C(=O)Nc3cccc(Cl)c3C)c2C)cc1. The Balaban J connectivity index is 1.86. The second kappa shape index (κ2) is 8.17. The van der Waals surface area contributed by atoms with E-state index >= 15 is 0 Å². The molecule has 1 N–H and O–H groups in total. The lowest BCUT2D eigenvalue weighted by Gasteiger charge is -2.16. The Kier molecular flexibility index (Phi) is 5.42. The number of anilines is 1. The van der Waals surface area contributed by atoms with Gasteiger partial charge in [0.15, 0.2) is 0 Å². The quantitative estimate of drug-likeness (QED) is 0.417. The van der Waals surface area contributed by atoms with E-state index in [9.17, 15) is 4.79 Å². The summed E-state index contributed by atoms with van der Waals surface area (Å²) >= 11 is 6.23. The number of carbonyl (C=O) groups is 1. The predicted octanol–water partition coefficient (Wildman–Crippen LogP) is 6.43. The standard InChI is InChI=1S/C25H21ClN2O2/c1-15-20(26)8-6-10-21(15)28-25(29)23-16(2)24(17-11-13-18(30-3)14-12-17)27-22-9-5-4-7-19(22)23/h4-14H,1-3H3,(H,28,29). The number of amides is 1. The van der Waals surface area contributed by atoms with Crippen molar-refractivity contribution in [1.82, 2.24) is 4.98 Å². The molecule has 30 heavy (non-hydrogen) atoms. The molecule has 0 bridgehead atoms. The molecular weight excluding hydrogens is 396 g/mol. The number of rotatable bonds is 4. The first-order valence-corrected chi connectivity index (χ1v) is 9.97. The average Bonchev–Trinajstić information content (AvgIpc) is 2.76. The number of hydrogen-bond donors (Lipinski definition) is 1. The van der Waals surface area contributed by atoms with Crippen molar-refractivity contribution >= 4 is 34.1 Å². The molecule has 4 nitrogen and oxygen atoms in total. The molecular formula is C25H21ClN2O2. The second-order valence-corrected chi connectivity index (χ2v) is 7.48. The van der Waals surface area contributed by atoms with Gasteiger partial charge in [-0.1, -0.05) is 35.9 Å². The third-order valence-electron chi connectivity index (χ3n) is 5.24. The van der Waals surface area contributed by atoms with Crippen molar-refractivity contribution in [2.24, 2.45) is 0 Å². The molecule has 0 saturated carbocycles. The Morgan fingerprint density at radius 2 is 1.67 bits per heavy atom. The van der Waals surface area contributed by atoms with Crippen LogP contribution in [0, 0.1) is 13.8 Å². The van der Waals surface area contributed by atoms with E-state index in [1.807, 2.05) is 74.5 Å². The van der Waals surface area contributed by atoms with E-state index in [0.29, 0.717) is 16.3 Å². The van der Waals surface area contributed by atoms with Crippen molar-refractivity contribution in [3.63, 3.8) is 0 Å². The Morgan fingerprint density at radius 3 is 2.40 bits per heavy atom. The third-order valence-corrected chi connectivity index (χ3v) is 5.65. The summed E-state index contributed by atoms with van der Waals surface area (Å²) in [6.07, 6.45) is 0. The highest BCUT2D eigenvalue weighted by Crippen LogP contribution is 2.32. The topological polar surface area (TPSA) is 51.2 Å². The molecule has 1 aromatic heterocycles. The van der Waals surface area contributed by atoms with Crippen LogP contribution in [0.3, 0.4) is 0 Å². The van der Waals surface area contributed by atoms with Crippen LogP contribution in [0.25, 0.3) is 22.2 Å². The van der Waals surface area contributed by atoms with Crippen molar-refractivity contribution in [1.29, 1.82) is 0 Å². The zero-order valence-electron chi connectivity index (χ0n) is 17.0. The number of nitrogens with one attached hydrogen (secondary N) is 1. The highest BCUT2D eigenvalue weighted by molar-refractivity contribution is 6.31. The second-order valence-electron chi connectivity index (χ2n) is 7.07. The van der Waals surface area contributed by atoms with Crippen LogP contribution in [0.4, 0.5) is 5.69 Å². The van der Waals surface area contributed by atoms with Crippen LogP contribution < -0.4 is 10.1 Å². The van der Waals surface area contributed by atoms with E-state index in [0.717, 1.165) is 39.0 Å². The van der Waals surface area contributed by atoms with Crippen molar-refractivity contribution in [2.75, 3.05) is 12.4 Å². The van der Waals surface area contributed by atoms with Crippen LogP contribution >= 0.6 is 11.6 Å². The van der Waals surface area contributed by atoms with E-state index in [-0.39, 0.29) is 5.91 Å². The van der Waals surface area contributed by atoms with Gasteiger partial charge in [-0.2, -0.15) is 0 Å². The van der Waals surface area contributed by atoms with Gasteiger partial charge in [0.25, 0.3) is 5.91 Å². The summed E-state index contributed by atoms with van der Waals surface area (Å²) in [5.41, 5.74) is 5.40. The van der Waals surface area contributed by atoms with Gasteiger partial charge in [0.1, 0.15) is 5.75 Å². The minimum Gasteiger partial charge on any atom is -0.497 e. The lowest BCUT2D eigenvalue weighted by molar-refractivity contribution is 0.102. The fourth-order valence-corrected chi connectivity index (χ4v) is 3.73. The number of para-hydroxylation sites is 1. The first kappa shape index (κ1) is 19.9. The van der Waals surface area contributed by atoms with E-state index in [2.05, 4.69) is 5.32 Å². The van der Waals surface area contributed by atoms with Crippen LogP contribution in [0.1, 0.15) is 21.5 Å². The number of ether oxygens (including phenoxy) is 1. The maximum atomic E-state index is 13.4. The summed E-state index contributed by atoms with van der Waals surface area (Å²) in [6, 6.07) is 20.8. The summed E-state index contributed by atoms with van der Waals surface area (Å²) in [5.74, 6) is 0.581. The smallest absolute Gasteiger partial charge is 0.256 e. The Morgan fingerprint density at radius 1 is 0.933 bits per heavy atom. The zero-order chi connectivity index (χ0) is 21.3. The summed E-state index contributed by atoms with van der Waals surface area (Å²) in [7, 11) is 1.63. The molecule has 4 aromatic rings. The van der Waals surface area contributed by atoms with Crippen molar-refractivity contribution in [3.05, 3.63) is 88.4 Å². The van der Waals surface area contributed by atoms with Gasteiger partial charge in [-0.3, -0.25) is 4.79 Å². The maximum absolute atomic E-state index is 13.4. The molecule has 0 atom stereocenters. The minimum absolute atomic E-state index is 0.189. The number of carbonyl (C=O) groups excluding carboxylic acids is 1. The molecule has 0 fully saturated rings. The van der Waals surface area contributed by atoms with Gasteiger partial charge < -0.3 is 10.1 Å². The van der Waals surface area contributed by atoms with Crippen molar-refractivity contribution < 1.29 is 9.53 Å². The molecule has 4 rings (SSSR count). The molecule has 5 heteroatoms. The number of halogens is 1. The van der Waals surface area contributed by atoms with E-state index < -0.39 is 0 Å². The highest BCUT2D eigenvalue weighted by Gasteiger charge is 2.19. The van der Waals surface area contributed by atoms with Crippen LogP contribution in [0.5, 0.6) is 5.75 Å². The van der Waals surface area contributed by atoms with Gasteiger partial charge in [-0.05, 0) is 67.4 Å².